The minimum Gasteiger partial charge on any atom is -0.329 e. The first-order valence-electron chi connectivity index (χ1n) is 7.66. The molecule has 1 aliphatic rings. The summed E-state index contributed by atoms with van der Waals surface area (Å²) in [6.07, 6.45) is 3.35. The van der Waals surface area contributed by atoms with Crippen molar-refractivity contribution in [3.8, 4) is 0 Å². The van der Waals surface area contributed by atoms with Crippen molar-refractivity contribution in [3.63, 3.8) is 0 Å². The molecule has 3 atom stereocenters. The molecule has 1 heterocycles. The van der Waals surface area contributed by atoms with E-state index in [9.17, 15) is 4.39 Å². The summed E-state index contributed by atoms with van der Waals surface area (Å²) in [5.41, 5.74) is 7.21. The molecule has 1 aromatic carbocycles. The van der Waals surface area contributed by atoms with Gasteiger partial charge in [0.25, 0.3) is 0 Å². The monoisotopic (exact) mass is 278 g/mol. The van der Waals surface area contributed by atoms with Gasteiger partial charge in [-0.15, -0.1) is 0 Å². The van der Waals surface area contributed by atoms with Crippen LogP contribution >= 0.6 is 0 Å². The maximum atomic E-state index is 13.0. The van der Waals surface area contributed by atoms with Crippen molar-refractivity contribution in [3.05, 3.63) is 35.6 Å². The molecule has 20 heavy (non-hydrogen) atoms. The quantitative estimate of drug-likeness (QED) is 0.916. The van der Waals surface area contributed by atoms with Crippen molar-refractivity contribution < 1.29 is 4.39 Å². The molecule has 112 valence electrons. The van der Waals surface area contributed by atoms with Crippen LogP contribution in [-0.4, -0.2) is 29.6 Å². The van der Waals surface area contributed by atoms with Gasteiger partial charge in [-0.1, -0.05) is 19.1 Å². The van der Waals surface area contributed by atoms with Crippen molar-refractivity contribution >= 4 is 0 Å². The fourth-order valence-electron chi connectivity index (χ4n) is 3.54. The molecule has 1 aliphatic heterocycles. The van der Waals surface area contributed by atoms with E-state index >= 15 is 0 Å². The summed E-state index contributed by atoms with van der Waals surface area (Å²) < 4.78 is 13.0. The first-order valence-corrected chi connectivity index (χ1v) is 7.66. The smallest absolute Gasteiger partial charge is 0.123 e. The average Bonchev–Trinajstić information content (AvgIpc) is 2.41. The fourth-order valence-corrected chi connectivity index (χ4v) is 3.54. The largest absolute Gasteiger partial charge is 0.329 e. The van der Waals surface area contributed by atoms with E-state index in [1.165, 1.54) is 25.0 Å². The Hall–Kier alpha value is -0.930. The molecule has 0 amide bonds. The van der Waals surface area contributed by atoms with E-state index in [0.29, 0.717) is 12.6 Å². The predicted octanol–water partition coefficient (Wildman–Crippen LogP) is 3.21. The standard InChI is InChI=1S/C17H27FN2/c1-13-8-9-20(14(2)10-13)17(3,12-19)11-15-4-6-16(18)7-5-15/h4-7,13-14H,8-12,19H2,1-3H3. The van der Waals surface area contributed by atoms with Gasteiger partial charge in [-0.25, -0.2) is 4.39 Å². The second-order valence-electron chi connectivity index (χ2n) is 6.68. The SMILES string of the molecule is CC1CCN(C(C)(CN)Cc2ccc(F)cc2)C(C)C1. The Bertz CT molecular complexity index is 431. The third-order valence-corrected chi connectivity index (χ3v) is 4.77. The Morgan fingerprint density at radius 1 is 1.30 bits per heavy atom. The Morgan fingerprint density at radius 3 is 2.50 bits per heavy atom. The molecule has 3 heteroatoms. The molecule has 1 aromatic rings. The number of benzene rings is 1. The van der Waals surface area contributed by atoms with Crippen molar-refractivity contribution in [2.75, 3.05) is 13.1 Å². The number of rotatable bonds is 4. The Kier molecular flexibility index (Phi) is 4.82. The molecule has 2 N–H and O–H groups in total. The van der Waals surface area contributed by atoms with Gasteiger partial charge in [0.05, 0.1) is 0 Å². The van der Waals surface area contributed by atoms with Crippen LogP contribution in [0, 0.1) is 11.7 Å². The Morgan fingerprint density at radius 2 is 1.95 bits per heavy atom. The second kappa shape index (κ2) is 6.23. The number of nitrogens with zero attached hydrogens (tertiary/aromatic N) is 1. The van der Waals surface area contributed by atoms with Gasteiger partial charge in [0, 0.05) is 18.1 Å². The lowest BCUT2D eigenvalue weighted by Gasteiger charge is -2.48. The van der Waals surface area contributed by atoms with Crippen LogP contribution in [0.5, 0.6) is 0 Å². The van der Waals surface area contributed by atoms with E-state index in [1.807, 2.05) is 12.1 Å². The zero-order valence-corrected chi connectivity index (χ0v) is 12.9. The van der Waals surface area contributed by atoms with Gasteiger partial charge in [-0.2, -0.15) is 0 Å². The lowest BCUT2D eigenvalue weighted by atomic mass is 9.84. The Balaban J connectivity index is 2.13. The summed E-state index contributed by atoms with van der Waals surface area (Å²) in [5, 5.41) is 0. The summed E-state index contributed by atoms with van der Waals surface area (Å²) in [6, 6.07) is 7.39. The molecule has 0 saturated carbocycles. The summed E-state index contributed by atoms with van der Waals surface area (Å²) in [5.74, 6) is 0.623. The van der Waals surface area contributed by atoms with Crippen LogP contribution in [0.25, 0.3) is 0 Å². The molecule has 0 aromatic heterocycles. The van der Waals surface area contributed by atoms with E-state index < -0.39 is 0 Å². The molecule has 0 radical (unpaired) electrons. The highest BCUT2D eigenvalue weighted by molar-refractivity contribution is 5.19. The van der Waals surface area contributed by atoms with Gasteiger partial charge >= 0.3 is 0 Å². The molecule has 3 unspecified atom stereocenters. The molecule has 0 bridgehead atoms. The normalized spacial score (nSPS) is 27.2. The minimum atomic E-state index is -0.177. The Labute approximate surface area is 122 Å². The maximum Gasteiger partial charge on any atom is 0.123 e. The van der Waals surface area contributed by atoms with Crippen molar-refractivity contribution in [2.24, 2.45) is 11.7 Å². The van der Waals surface area contributed by atoms with Gasteiger partial charge in [0.1, 0.15) is 5.82 Å². The highest BCUT2D eigenvalue weighted by atomic mass is 19.1. The third-order valence-electron chi connectivity index (χ3n) is 4.77. The first-order chi connectivity index (χ1) is 9.44. The second-order valence-corrected chi connectivity index (χ2v) is 6.68. The molecule has 2 nitrogen and oxygen atoms in total. The highest BCUT2D eigenvalue weighted by Gasteiger charge is 2.36. The number of hydrogen-bond donors (Lipinski definition) is 1. The number of nitrogens with two attached hydrogens (primary N) is 1. The van der Waals surface area contributed by atoms with Gasteiger partial charge in [-0.3, -0.25) is 4.90 Å². The molecule has 0 aliphatic carbocycles. The number of piperidine rings is 1. The predicted molar refractivity (Wildman–Crippen MR) is 82.1 cm³/mol. The zero-order valence-electron chi connectivity index (χ0n) is 12.9. The topological polar surface area (TPSA) is 29.3 Å². The van der Waals surface area contributed by atoms with Crippen LogP contribution in [0.3, 0.4) is 0 Å². The molecule has 1 fully saturated rings. The van der Waals surface area contributed by atoms with Crippen molar-refractivity contribution in [1.82, 2.24) is 4.90 Å². The summed E-state index contributed by atoms with van der Waals surface area (Å²) >= 11 is 0. The molecule has 1 saturated heterocycles. The van der Waals surface area contributed by atoms with E-state index in [0.717, 1.165) is 24.4 Å². The van der Waals surface area contributed by atoms with Crippen LogP contribution in [0.15, 0.2) is 24.3 Å². The van der Waals surface area contributed by atoms with Crippen LogP contribution in [0.2, 0.25) is 0 Å². The first kappa shape index (κ1) is 15.5. The zero-order chi connectivity index (χ0) is 14.8. The molecular formula is C17H27FN2. The summed E-state index contributed by atoms with van der Waals surface area (Å²) in [4.78, 5) is 2.55. The number of halogens is 1. The molecular weight excluding hydrogens is 251 g/mol. The van der Waals surface area contributed by atoms with Crippen molar-refractivity contribution in [2.45, 2.75) is 51.6 Å². The van der Waals surface area contributed by atoms with Crippen LogP contribution in [0.1, 0.15) is 39.2 Å². The van der Waals surface area contributed by atoms with Crippen LogP contribution in [-0.2, 0) is 6.42 Å². The van der Waals surface area contributed by atoms with Gasteiger partial charge in [-0.05, 0) is 63.3 Å². The lowest BCUT2D eigenvalue weighted by molar-refractivity contribution is 0.0257. The highest BCUT2D eigenvalue weighted by Crippen LogP contribution is 2.30. The van der Waals surface area contributed by atoms with Crippen LogP contribution < -0.4 is 5.73 Å². The minimum absolute atomic E-state index is 0.0443. The van der Waals surface area contributed by atoms with E-state index in [2.05, 4.69) is 25.7 Å². The average molecular weight is 278 g/mol. The number of likely N-dealkylation sites (tertiary alicyclic amines) is 1. The maximum absolute atomic E-state index is 13.0. The summed E-state index contributed by atoms with van der Waals surface area (Å²) in [6.45, 7) is 8.60. The third kappa shape index (κ3) is 3.39. The van der Waals surface area contributed by atoms with Crippen LogP contribution in [0.4, 0.5) is 4.39 Å². The van der Waals surface area contributed by atoms with Gasteiger partial charge in [0.2, 0.25) is 0 Å². The van der Waals surface area contributed by atoms with Gasteiger partial charge in [0.15, 0.2) is 0 Å². The fraction of sp³-hybridized carbons (Fsp3) is 0.647. The summed E-state index contributed by atoms with van der Waals surface area (Å²) in [7, 11) is 0. The molecule has 2 rings (SSSR count). The van der Waals surface area contributed by atoms with E-state index in [-0.39, 0.29) is 11.4 Å². The van der Waals surface area contributed by atoms with E-state index in [4.69, 9.17) is 5.73 Å². The number of hydrogen-bond acceptors (Lipinski definition) is 2. The van der Waals surface area contributed by atoms with Crippen molar-refractivity contribution in [1.29, 1.82) is 0 Å². The van der Waals surface area contributed by atoms with Gasteiger partial charge < -0.3 is 5.73 Å². The molecule has 0 spiro atoms. The van der Waals surface area contributed by atoms with E-state index in [1.54, 1.807) is 0 Å². The lowest BCUT2D eigenvalue weighted by Crippen LogP contribution is -2.58.